The summed E-state index contributed by atoms with van der Waals surface area (Å²) in [6, 6.07) is 4.03. The summed E-state index contributed by atoms with van der Waals surface area (Å²) >= 11 is 0. The fraction of sp³-hybridized carbons (Fsp3) is 0.500. The molecule has 1 aliphatic heterocycles. The van der Waals surface area contributed by atoms with E-state index in [9.17, 15) is 12.8 Å². The predicted molar refractivity (Wildman–Crippen MR) is 98.1 cm³/mol. The van der Waals surface area contributed by atoms with Crippen molar-refractivity contribution in [3.8, 4) is 0 Å². The van der Waals surface area contributed by atoms with E-state index in [2.05, 4.69) is 4.99 Å². The Hall–Kier alpha value is -0.940. The first-order valence-corrected chi connectivity index (χ1v) is 8.99. The van der Waals surface area contributed by atoms with E-state index in [-0.39, 0.29) is 36.3 Å². The van der Waals surface area contributed by atoms with Gasteiger partial charge in [-0.3, -0.25) is 0 Å². The Morgan fingerprint density at radius 3 is 2.61 bits per heavy atom. The van der Waals surface area contributed by atoms with Gasteiger partial charge in [0.25, 0.3) is 0 Å². The van der Waals surface area contributed by atoms with E-state index in [4.69, 9.17) is 10.5 Å². The zero-order chi connectivity index (χ0) is 16.2. The second-order valence-electron chi connectivity index (χ2n) is 5.26. The minimum atomic E-state index is -3.20. The van der Waals surface area contributed by atoms with Crippen molar-refractivity contribution in [3.05, 3.63) is 35.1 Å². The summed E-state index contributed by atoms with van der Waals surface area (Å²) in [5.74, 6) is -0.208. The van der Waals surface area contributed by atoms with Crippen LogP contribution in [0.15, 0.2) is 23.2 Å². The average molecular weight is 457 g/mol. The third-order valence-electron chi connectivity index (χ3n) is 3.33. The van der Waals surface area contributed by atoms with Crippen molar-refractivity contribution >= 4 is 39.8 Å². The number of hydrogen-bond donors (Lipinski definition) is 1. The third kappa shape index (κ3) is 6.60. The van der Waals surface area contributed by atoms with Crippen LogP contribution in [0.5, 0.6) is 0 Å². The second-order valence-corrected chi connectivity index (χ2v) is 7.40. The molecule has 0 unspecified atom stereocenters. The van der Waals surface area contributed by atoms with Crippen molar-refractivity contribution < 1.29 is 17.5 Å². The van der Waals surface area contributed by atoms with Gasteiger partial charge in [0.1, 0.15) is 5.82 Å². The molecule has 9 heteroatoms. The molecule has 0 aromatic heterocycles. The van der Waals surface area contributed by atoms with Crippen LogP contribution in [-0.4, -0.2) is 51.8 Å². The fourth-order valence-corrected chi connectivity index (χ4v) is 3.07. The lowest BCUT2D eigenvalue weighted by Gasteiger charge is -2.27. The predicted octanol–water partition coefficient (Wildman–Crippen LogP) is 1.14. The molecule has 1 aromatic carbocycles. The van der Waals surface area contributed by atoms with Gasteiger partial charge < -0.3 is 15.4 Å². The molecule has 0 aliphatic carbocycles. The van der Waals surface area contributed by atoms with E-state index in [1.54, 1.807) is 0 Å². The Balaban J connectivity index is 0.00000264. The van der Waals surface area contributed by atoms with E-state index < -0.39 is 15.7 Å². The van der Waals surface area contributed by atoms with Crippen LogP contribution in [0.25, 0.3) is 0 Å². The molecule has 0 saturated carbocycles. The minimum absolute atomic E-state index is 0. The van der Waals surface area contributed by atoms with Gasteiger partial charge >= 0.3 is 0 Å². The SMILES string of the molecule is CS(=O)(=O)Cc1ccc(F)cc1CN=C(N)N1CCOCC1.I. The quantitative estimate of drug-likeness (QED) is 0.417. The number of aliphatic imine (C=N–C) groups is 1. The molecular weight excluding hydrogens is 436 g/mol. The smallest absolute Gasteiger partial charge is 0.191 e. The maximum absolute atomic E-state index is 13.4. The number of morpholine rings is 1. The van der Waals surface area contributed by atoms with Crippen LogP contribution < -0.4 is 5.73 Å². The minimum Gasteiger partial charge on any atom is -0.378 e. The highest BCUT2D eigenvalue weighted by Crippen LogP contribution is 2.15. The summed E-state index contributed by atoms with van der Waals surface area (Å²) in [5, 5.41) is 0. The van der Waals surface area contributed by atoms with Crippen molar-refractivity contribution in [2.45, 2.75) is 12.3 Å². The zero-order valence-corrected chi connectivity index (χ0v) is 16.0. The van der Waals surface area contributed by atoms with Crippen LogP contribution in [0.3, 0.4) is 0 Å². The number of nitrogens with two attached hydrogens (primary N) is 1. The summed E-state index contributed by atoms with van der Waals surface area (Å²) in [6.45, 7) is 2.65. The molecule has 1 heterocycles. The lowest BCUT2D eigenvalue weighted by atomic mass is 10.1. The number of guanidine groups is 1. The number of nitrogens with zero attached hydrogens (tertiary/aromatic N) is 2. The first-order valence-electron chi connectivity index (χ1n) is 6.93. The zero-order valence-electron chi connectivity index (χ0n) is 12.9. The molecule has 1 aliphatic rings. The molecule has 0 bridgehead atoms. The number of benzene rings is 1. The highest BCUT2D eigenvalue weighted by molar-refractivity contribution is 14.0. The fourth-order valence-electron chi connectivity index (χ4n) is 2.22. The normalized spacial score (nSPS) is 16.1. The number of ether oxygens (including phenoxy) is 1. The molecule has 23 heavy (non-hydrogen) atoms. The van der Waals surface area contributed by atoms with E-state index in [1.807, 2.05) is 4.90 Å². The van der Waals surface area contributed by atoms with Gasteiger partial charge in [-0.25, -0.2) is 17.8 Å². The Morgan fingerprint density at radius 1 is 1.35 bits per heavy atom. The molecule has 0 radical (unpaired) electrons. The molecular formula is C14H21FIN3O3S. The van der Waals surface area contributed by atoms with Crippen molar-refractivity contribution in [1.29, 1.82) is 0 Å². The molecule has 2 N–H and O–H groups in total. The number of sulfone groups is 1. The van der Waals surface area contributed by atoms with Crippen molar-refractivity contribution in [1.82, 2.24) is 4.90 Å². The van der Waals surface area contributed by atoms with Gasteiger partial charge in [0.05, 0.1) is 25.5 Å². The Labute approximate surface area is 152 Å². The average Bonchev–Trinajstić information content (AvgIpc) is 2.47. The molecule has 0 amide bonds. The van der Waals surface area contributed by atoms with Crippen LogP contribution in [0.1, 0.15) is 11.1 Å². The molecule has 1 fully saturated rings. The summed E-state index contributed by atoms with van der Waals surface area (Å²) in [6.07, 6.45) is 1.14. The standard InChI is InChI=1S/C14H20FN3O3S.HI/c1-22(19,20)10-11-2-3-13(15)8-12(11)9-17-14(16)18-4-6-21-7-5-18;/h2-3,8H,4-7,9-10H2,1H3,(H2,16,17);1H. The van der Waals surface area contributed by atoms with E-state index in [0.29, 0.717) is 43.4 Å². The molecule has 0 atom stereocenters. The molecule has 2 rings (SSSR count). The van der Waals surface area contributed by atoms with Crippen LogP contribution in [0.2, 0.25) is 0 Å². The van der Waals surface area contributed by atoms with E-state index in [1.165, 1.54) is 18.2 Å². The van der Waals surface area contributed by atoms with Crippen molar-refractivity contribution in [2.75, 3.05) is 32.6 Å². The number of halogens is 2. The van der Waals surface area contributed by atoms with Gasteiger partial charge in [-0.1, -0.05) is 6.07 Å². The van der Waals surface area contributed by atoms with Gasteiger partial charge in [0.2, 0.25) is 0 Å². The highest BCUT2D eigenvalue weighted by atomic mass is 127. The highest BCUT2D eigenvalue weighted by Gasteiger charge is 2.13. The number of hydrogen-bond acceptors (Lipinski definition) is 4. The first-order chi connectivity index (χ1) is 10.3. The topological polar surface area (TPSA) is 85.0 Å². The first kappa shape index (κ1) is 20.1. The van der Waals surface area contributed by atoms with Gasteiger partial charge in [-0.05, 0) is 23.3 Å². The van der Waals surface area contributed by atoms with Crippen molar-refractivity contribution in [3.63, 3.8) is 0 Å². The Bertz CT molecular complexity index is 661. The summed E-state index contributed by atoms with van der Waals surface area (Å²) in [5.41, 5.74) is 6.99. The number of rotatable bonds is 4. The van der Waals surface area contributed by atoms with Gasteiger partial charge in [0.15, 0.2) is 15.8 Å². The lowest BCUT2D eigenvalue weighted by Crippen LogP contribution is -2.44. The van der Waals surface area contributed by atoms with Crippen molar-refractivity contribution in [2.24, 2.45) is 10.7 Å². The second kappa shape index (κ2) is 8.78. The van der Waals surface area contributed by atoms with Crippen LogP contribution >= 0.6 is 24.0 Å². The maximum atomic E-state index is 13.4. The maximum Gasteiger partial charge on any atom is 0.191 e. The molecule has 1 aromatic rings. The summed E-state index contributed by atoms with van der Waals surface area (Å²) < 4.78 is 41.5. The van der Waals surface area contributed by atoms with Crippen LogP contribution in [0.4, 0.5) is 4.39 Å². The lowest BCUT2D eigenvalue weighted by molar-refractivity contribution is 0.0674. The van der Waals surface area contributed by atoms with Gasteiger partial charge in [0, 0.05) is 19.3 Å². The Morgan fingerprint density at radius 2 is 2.00 bits per heavy atom. The van der Waals surface area contributed by atoms with Crippen LogP contribution in [-0.2, 0) is 26.9 Å². The van der Waals surface area contributed by atoms with E-state index in [0.717, 1.165) is 6.26 Å². The largest absolute Gasteiger partial charge is 0.378 e. The summed E-state index contributed by atoms with van der Waals surface area (Å²) in [4.78, 5) is 6.14. The molecule has 0 spiro atoms. The van der Waals surface area contributed by atoms with Gasteiger partial charge in [-0.15, -0.1) is 24.0 Å². The molecule has 130 valence electrons. The van der Waals surface area contributed by atoms with E-state index >= 15 is 0 Å². The third-order valence-corrected chi connectivity index (χ3v) is 4.17. The molecule has 1 saturated heterocycles. The Kier molecular flexibility index (Phi) is 7.68. The van der Waals surface area contributed by atoms with Gasteiger partial charge in [-0.2, -0.15) is 0 Å². The van der Waals surface area contributed by atoms with Crippen LogP contribution in [0, 0.1) is 5.82 Å². The molecule has 6 nitrogen and oxygen atoms in total. The monoisotopic (exact) mass is 457 g/mol. The summed E-state index contributed by atoms with van der Waals surface area (Å²) in [7, 11) is -3.20.